The molecule has 0 bridgehead atoms. The molecule has 33 heavy (non-hydrogen) atoms. The lowest BCUT2D eigenvalue weighted by molar-refractivity contribution is -0.120. The number of imide groups is 1. The van der Waals surface area contributed by atoms with E-state index in [0.717, 1.165) is 10.6 Å². The first-order valence-electron chi connectivity index (χ1n) is 10.4. The topological polar surface area (TPSA) is 67.9 Å². The maximum atomic E-state index is 13.5. The SMILES string of the molecule is COc1ccc(C2=C(Nc3ccc(OC(C)C)cc3)C(=O)N(c3ccc(Cl)cc3)C2=O)cc1. The van der Waals surface area contributed by atoms with Gasteiger partial charge in [0.25, 0.3) is 11.8 Å². The first-order valence-corrected chi connectivity index (χ1v) is 10.8. The van der Waals surface area contributed by atoms with Crippen molar-refractivity contribution >= 4 is 40.4 Å². The number of hydrogen-bond donors (Lipinski definition) is 1. The molecule has 3 aromatic carbocycles. The number of ether oxygens (including phenoxy) is 2. The summed E-state index contributed by atoms with van der Waals surface area (Å²) in [6, 6.07) is 20.8. The maximum absolute atomic E-state index is 13.5. The minimum absolute atomic E-state index is 0.0511. The van der Waals surface area contributed by atoms with Crippen molar-refractivity contribution in [1.82, 2.24) is 0 Å². The smallest absolute Gasteiger partial charge is 0.282 e. The molecule has 0 unspecified atom stereocenters. The fraction of sp³-hybridized carbons (Fsp3) is 0.154. The van der Waals surface area contributed by atoms with E-state index < -0.39 is 11.8 Å². The van der Waals surface area contributed by atoms with Crippen LogP contribution >= 0.6 is 11.6 Å². The number of rotatable bonds is 7. The Balaban J connectivity index is 1.73. The molecule has 0 radical (unpaired) electrons. The highest BCUT2D eigenvalue weighted by molar-refractivity contribution is 6.46. The molecule has 4 rings (SSSR count). The van der Waals surface area contributed by atoms with E-state index in [1.54, 1.807) is 67.8 Å². The van der Waals surface area contributed by atoms with E-state index in [4.69, 9.17) is 21.1 Å². The minimum atomic E-state index is -0.448. The lowest BCUT2D eigenvalue weighted by atomic mass is 10.0. The molecule has 6 nitrogen and oxygen atoms in total. The van der Waals surface area contributed by atoms with Gasteiger partial charge in [0, 0.05) is 10.7 Å². The summed E-state index contributed by atoms with van der Waals surface area (Å²) >= 11 is 5.99. The number of nitrogens with zero attached hydrogens (tertiary/aromatic N) is 1. The van der Waals surface area contributed by atoms with Gasteiger partial charge in [0.15, 0.2) is 0 Å². The number of amides is 2. The molecule has 3 aromatic rings. The number of anilines is 2. The largest absolute Gasteiger partial charge is 0.497 e. The van der Waals surface area contributed by atoms with Gasteiger partial charge in [0.1, 0.15) is 17.2 Å². The Bertz CT molecular complexity index is 1200. The molecule has 0 saturated heterocycles. The van der Waals surface area contributed by atoms with Crippen LogP contribution in [0.1, 0.15) is 19.4 Å². The lowest BCUT2D eigenvalue weighted by Gasteiger charge is -2.15. The number of halogens is 1. The van der Waals surface area contributed by atoms with Gasteiger partial charge >= 0.3 is 0 Å². The van der Waals surface area contributed by atoms with Crippen LogP contribution in [-0.4, -0.2) is 25.0 Å². The number of methoxy groups -OCH3 is 1. The number of nitrogens with one attached hydrogen (secondary N) is 1. The third-order valence-electron chi connectivity index (χ3n) is 5.04. The van der Waals surface area contributed by atoms with E-state index in [2.05, 4.69) is 5.32 Å². The van der Waals surface area contributed by atoms with Gasteiger partial charge in [-0.15, -0.1) is 0 Å². The highest BCUT2D eigenvalue weighted by atomic mass is 35.5. The summed E-state index contributed by atoms with van der Waals surface area (Å²) in [5.41, 5.74) is 2.18. The van der Waals surface area contributed by atoms with Gasteiger partial charge in [-0.2, -0.15) is 0 Å². The Morgan fingerprint density at radius 3 is 2.00 bits per heavy atom. The molecule has 2 amide bonds. The molecular formula is C26H23ClN2O4. The third-order valence-corrected chi connectivity index (χ3v) is 5.29. The zero-order chi connectivity index (χ0) is 23.5. The summed E-state index contributed by atoms with van der Waals surface area (Å²) in [7, 11) is 1.57. The molecule has 168 valence electrons. The first-order chi connectivity index (χ1) is 15.9. The second-order valence-electron chi connectivity index (χ2n) is 7.72. The van der Waals surface area contributed by atoms with Crippen molar-refractivity contribution < 1.29 is 19.1 Å². The quantitative estimate of drug-likeness (QED) is 0.467. The Morgan fingerprint density at radius 1 is 0.818 bits per heavy atom. The number of carbonyl (C=O) groups is 2. The fourth-order valence-electron chi connectivity index (χ4n) is 3.53. The summed E-state index contributed by atoms with van der Waals surface area (Å²) in [5.74, 6) is 0.503. The molecule has 1 heterocycles. The van der Waals surface area contributed by atoms with Gasteiger partial charge in [-0.25, -0.2) is 4.90 Å². The molecule has 7 heteroatoms. The number of hydrogen-bond acceptors (Lipinski definition) is 5. The predicted molar refractivity (Wildman–Crippen MR) is 130 cm³/mol. The average Bonchev–Trinajstić information content (AvgIpc) is 3.05. The van der Waals surface area contributed by atoms with Crippen molar-refractivity contribution in [2.24, 2.45) is 0 Å². The Hall–Kier alpha value is -3.77. The van der Waals surface area contributed by atoms with Crippen molar-refractivity contribution in [2.45, 2.75) is 20.0 Å². The predicted octanol–water partition coefficient (Wildman–Crippen LogP) is 5.53. The summed E-state index contributed by atoms with van der Waals surface area (Å²) < 4.78 is 10.9. The van der Waals surface area contributed by atoms with Crippen molar-refractivity contribution in [3.63, 3.8) is 0 Å². The maximum Gasteiger partial charge on any atom is 0.282 e. The van der Waals surface area contributed by atoms with E-state index >= 15 is 0 Å². The van der Waals surface area contributed by atoms with E-state index in [9.17, 15) is 9.59 Å². The highest BCUT2D eigenvalue weighted by Crippen LogP contribution is 2.35. The van der Waals surface area contributed by atoms with Crippen LogP contribution in [0.4, 0.5) is 11.4 Å². The molecule has 0 aliphatic carbocycles. The van der Waals surface area contributed by atoms with Crippen molar-refractivity contribution in [3.8, 4) is 11.5 Å². The van der Waals surface area contributed by atoms with Crippen molar-refractivity contribution in [3.05, 3.63) is 89.1 Å². The van der Waals surface area contributed by atoms with Crippen LogP contribution in [-0.2, 0) is 9.59 Å². The van der Waals surface area contributed by atoms with Crippen molar-refractivity contribution in [2.75, 3.05) is 17.3 Å². The third kappa shape index (κ3) is 4.71. The highest BCUT2D eigenvalue weighted by Gasteiger charge is 2.40. The molecule has 0 aromatic heterocycles. The standard InChI is InChI=1S/C26H23ClN2O4/c1-16(2)33-22-14-8-19(9-15-22)28-24-23(17-4-12-21(32-3)13-5-17)25(30)29(26(24)31)20-10-6-18(27)7-11-20/h4-16,28H,1-3H3. The number of benzene rings is 3. The van der Waals surface area contributed by atoms with Gasteiger partial charge in [0.05, 0.1) is 24.5 Å². The van der Waals surface area contributed by atoms with Crippen LogP contribution in [0.2, 0.25) is 5.02 Å². The Labute approximate surface area is 197 Å². The van der Waals surface area contributed by atoms with Gasteiger partial charge in [0.2, 0.25) is 0 Å². The normalized spacial score (nSPS) is 13.7. The van der Waals surface area contributed by atoms with E-state index in [0.29, 0.717) is 27.7 Å². The monoisotopic (exact) mass is 462 g/mol. The summed E-state index contributed by atoms with van der Waals surface area (Å²) in [6.07, 6.45) is 0.0511. The summed E-state index contributed by atoms with van der Waals surface area (Å²) in [5, 5.41) is 3.66. The van der Waals surface area contributed by atoms with Crippen LogP contribution in [0.25, 0.3) is 5.57 Å². The minimum Gasteiger partial charge on any atom is -0.497 e. The molecule has 0 atom stereocenters. The fourth-order valence-corrected chi connectivity index (χ4v) is 3.66. The van der Waals surface area contributed by atoms with Gasteiger partial charge in [-0.3, -0.25) is 9.59 Å². The van der Waals surface area contributed by atoms with Crippen LogP contribution in [0, 0.1) is 0 Å². The van der Waals surface area contributed by atoms with Gasteiger partial charge in [-0.1, -0.05) is 23.7 Å². The average molecular weight is 463 g/mol. The first kappa shape index (κ1) is 22.4. The van der Waals surface area contributed by atoms with Crippen molar-refractivity contribution in [1.29, 1.82) is 0 Å². The Morgan fingerprint density at radius 2 is 1.42 bits per heavy atom. The zero-order valence-corrected chi connectivity index (χ0v) is 19.2. The molecule has 1 aliphatic rings. The lowest BCUT2D eigenvalue weighted by Crippen LogP contribution is -2.32. The molecule has 0 spiro atoms. The number of carbonyl (C=O) groups excluding carboxylic acids is 2. The van der Waals surface area contributed by atoms with Crippen LogP contribution in [0.5, 0.6) is 11.5 Å². The second-order valence-corrected chi connectivity index (χ2v) is 8.15. The molecule has 1 N–H and O–H groups in total. The van der Waals surface area contributed by atoms with Gasteiger partial charge < -0.3 is 14.8 Å². The van der Waals surface area contributed by atoms with Gasteiger partial charge in [-0.05, 0) is 80.1 Å². The zero-order valence-electron chi connectivity index (χ0n) is 18.5. The molecule has 0 fully saturated rings. The molecule has 0 saturated carbocycles. The van der Waals surface area contributed by atoms with Crippen LogP contribution in [0.15, 0.2) is 78.5 Å². The summed E-state index contributed by atoms with van der Waals surface area (Å²) in [6.45, 7) is 3.90. The van der Waals surface area contributed by atoms with Crippen LogP contribution < -0.4 is 19.7 Å². The molecule has 1 aliphatic heterocycles. The van der Waals surface area contributed by atoms with Crippen LogP contribution in [0.3, 0.4) is 0 Å². The van der Waals surface area contributed by atoms with E-state index in [1.807, 2.05) is 26.0 Å². The second kappa shape index (κ2) is 9.38. The Kier molecular flexibility index (Phi) is 6.38. The van der Waals surface area contributed by atoms with E-state index in [-0.39, 0.29) is 17.4 Å². The van der Waals surface area contributed by atoms with E-state index in [1.165, 1.54) is 0 Å². The summed E-state index contributed by atoms with van der Waals surface area (Å²) in [4.78, 5) is 28.0. The molecular weight excluding hydrogens is 440 g/mol.